The maximum Gasteiger partial charge on any atom is 0.271 e. The fourth-order valence-electron chi connectivity index (χ4n) is 4.38. The Labute approximate surface area is 259 Å². The maximum atomic E-state index is 13.7. The Morgan fingerprint density at radius 1 is 0.977 bits per heavy atom. The highest BCUT2D eigenvalue weighted by Gasteiger charge is 2.26. The first kappa shape index (κ1) is 30.0. The lowest BCUT2D eigenvalue weighted by Gasteiger charge is -2.26. The third-order valence-corrected chi connectivity index (χ3v) is 9.00. The number of methoxy groups -OCH3 is 1. The van der Waals surface area contributed by atoms with E-state index in [0.717, 1.165) is 10.9 Å². The molecule has 5 rings (SSSR count). The van der Waals surface area contributed by atoms with Gasteiger partial charge in [-0.25, -0.2) is 18.8 Å². The SMILES string of the molecule is COc1ccc2cc(/C=N\NC(=O)c3ccc(CN(c4cc(Cl)ccc4C)S(=O)(=O)c4ccccc4)cc3)c(Cl)nc2c1. The smallest absolute Gasteiger partial charge is 0.271 e. The number of ether oxygens (including phenoxy) is 1. The summed E-state index contributed by atoms with van der Waals surface area (Å²) >= 11 is 12.6. The molecule has 0 radical (unpaired) electrons. The number of hydrogen-bond acceptors (Lipinski definition) is 6. The number of aromatic nitrogens is 1. The number of carbonyl (C=O) groups excluding carboxylic acids is 1. The molecule has 0 saturated carbocycles. The Kier molecular flexibility index (Phi) is 8.96. The van der Waals surface area contributed by atoms with Gasteiger partial charge in [-0.05, 0) is 72.6 Å². The van der Waals surface area contributed by atoms with Gasteiger partial charge >= 0.3 is 0 Å². The first-order valence-corrected chi connectivity index (χ1v) is 15.3. The summed E-state index contributed by atoms with van der Waals surface area (Å²) < 4.78 is 34.0. The summed E-state index contributed by atoms with van der Waals surface area (Å²) in [6, 6.07) is 27.2. The van der Waals surface area contributed by atoms with Crippen LogP contribution in [-0.4, -0.2) is 32.6 Å². The number of anilines is 1. The van der Waals surface area contributed by atoms with Gasteiger partial charge in [0.15, 0.2) is 0 Å². The van der Waals surface area contributed by atoms with Crippen molar-refractivity contribution in [3.63, 3.8) is 0 Å². The molecule has 1 heterocycles. The molecule has 5 aromatic rings. The molecule has 4 aromatic carbocycles. The lowest BCUT2D eigenvalue weighted by atomic mass is 10.1. The number of sulfonamides is 1. The number of aryl methyl sites for hydroxylation is 1. The van der Waals surface area contributed by atoms with Gasteiger partial charge in [-0.2, -0.15) is 5.10 Å². The Hall–Kier alpha value is -4.44. The molecule has 1 amide bonds. The van der Waals surface area contributed by atoms with E-state index in [1.54, 1.807) is 86.0 Å². The van der Waals surface area contributed by atoms with Crippen molar-refractivity contribution >= 4 is 61.9 Å². The van der Waals surface area contributed by atoms with E-state index >= 15 is 0 Å². The maximum absolute atomic E-state index is 13.7. The molecule has 43 heavy (non-hydrogen) atoms. The highest BCUT2D eigenvalue weighted by atomic mass is 35.5. The van der Waals surface area contributed by atoms with Crippen molar-refractivity contribution in [1.82, 2.24) is 10.4 Å². The molecule has 0 bridgehead atoms. The number of amides is 1. The average molecular weight is 634 g/mol. The third kappa shape index (κ3) is 6.80. The fraction of sp³-hybridized carbons (Fsp3) is 0.0938. The van der Waals surface area contributed by atoms with Crippen LogP contribution in [-0.2, 0) is 16.6 Å². The van der Waals surface area contributed by atoms with Gasteiger partial charge < -0.3 is 4.74 Å². The molecule has 1 aromatic heterocycles. The molecule has 0 aliphatic heterocycles. The normalized spacial score (nSPS) is 11.5. The number of hydrazone groups is 1. The van der Waals surface area contributed by atoms with Gasteiger partial charge in [0.2, 0.25) is 0 Å². The number of hydrogen-bond donors (Lipinski definition) is 1. The van der Waals surface area contributed by atoms with Crippen LogP contribution in [0.4, 0.5) is 5.69 Å². The molecule has 0 atom stereocenters. The quantitative estimate of drug-likeness (QED) is 0.107. The number of benzene rings is 4. The number of rotatable bonds is 9. The third-order valence-electron chi connectivity index (χ3n) is 6.69. The molecule has 0 fully saturated rings. The molecule has 0 saturated heterocycles. The van der Waals surface area contributed by atoms with E-state index in [1.165, 1.54) is 10.5 Å². The Balaban J connectivity index is 1.33. The summed E-state index contributed by atoms with van der Waals surface area (Å²) in [5.41, 5.74) is 5.92. The van der Waals surface area contributed by atoms with Gasteiger partial charge in [-0.1, -0.05) is 59.6 Å². The molecular formula is C32H26Cl2N4O4S. The fourth-order valence-corrected chi connectivity index (χ4v) is 6.27. The zero-order valence-electron chi connectivity index (χ0n) is 23.2. The predicted molar refractivity (Wildman–Crippen MR) is 171 cm³/mol. The number of halogens is 2. The molecule has 218 valence electrons. The van der Waals surface area contributed by atoms with Crippen molar-refractivity contribution in [3.05, 3.63) is 129 Å². The van der Waals surface area contributed by atoms with E-state index < -0.39 is 15.9 Å². The number of nitrogens with zero attached hydrogens (tertiary/aromatic N) is 3. The summed E-state index contributed by atoms with van der Waals surface area (Å²) in [5, 5.41) is 5.53. The summed E-state index contributed by atoms with van der Waals surface area (Å²) in [7, 11) is -2.35. The van der Waals surface area contributed by atoms with Crippen LogP contribution in [0.15, 0.2) is 107 Å². The molecular weight excluding hydrogens is 607 g/mol. The molecule has 0 unspecified atom stereocenters. The summed E-state index contributed by atoms with van der Waals surface area (Å²) in [4.78, 5) is 17.3. The van der Waals surface area contributed by atoms with Crippen LogP contribution in [0, 0.1) is 6.92 Å². The lowest BCUT2D eigenvalue weighted by molar-refractivity contribution is 0.0955. The standard InChI is InChI=1S/C32H26Cl2N4O4S/c1-21-8-14-26(33)17-30(21)38(43(40,41)28-6-4-3-5-7-28)20-22-9-11-23(12-10-22)32(39)37-35-19-25-16-24-13-15-27(42-2)18-29(24)36-31(25)34/h3-19H,20H2,1-2H3,(H,37,39)/b35-19-. The largest absolute Gasteiger partial charge is 0.497 e. The van der Waals surface area contributed by atoms with Crippen LogP contribution < -0.4 is 14.5 Å². The zero-order valence-corrected chi connectivity index (χ0v) is 25.5. The van der Waals surface area contributed by atoms with Crippen LogP contribution in [0.2, 0.25) is 10.2 Å². The summed E-state index contributed by atoms with van der Waals surface area (Å²) in [6.07, 6.45) is 1.42. The summed E-state index contributed by atoms with van der Waals surface area (Å²) in [6.45, 7) is 1.85. The Morgan fingerprint density at radius 3 is 2.44 bits per heavy atom. The molecule has 1 N–H and O–H groups in total. The van der Waals surface area contributed by atoms with Gasteiger partial charge in [0, 0.05) is 27.6 Å². The monoisotopic (exact) mass is 632 g/mol. The van der Waals surface area contributed by atoms with Gasteiger partial charge in [-0.15, -0.1) is 0 Å². The first-order valence-electron chi connectivity index (χ1n) is 13.1. The Morgan fingerprint density at radius 2 is 1.72 bits per heavy atom. The molecule has 0 spiro atoms. The van der Waals surface area contributed by atoms with Gasteiger partial charge in [-0.3, -0.25) is 9.10 Å². The van der Waals surface area contributed by atoms with E-state index in [0.29, 0.717) is 38.7 Å². The van der Waals surface area contributed by atoms with Crippen LogP contribution in [0.5, 0.6) is 5.75 Å². The van der Waals surface area contributed by atoms with E-state index in [1.807, 2.05) is 25.1 Å². The van der Waals surface area contributed by atoms with Crippen molar-refractivity contribution in [3.8, 4) is 5.75 Å². The topological polar surface area (TPSA) is 101 Å². The van der Waals surface area contributed by atoms with Crippen molar-refractivity contribution in [2.75, 3.05) is 11.4 Å². The van der Waals surface area contributed by atoms with Crippen LogP contribution >= 0.6 is 23.2 Å². The van der Waals surface area contributed by atoms with Gasteiger partial charge in [0.25, 0.3) is 15.9 Å². The highest BCUT2D eigenvalue weighted by Crippen LogP contribution is 2.31. The molecule has 0 aliphatic rings. The van der Waals surface area contributed by atoms with E-state index in [4.69, 9.17) is 27.9 Å². The second kappa shape index (κ2) is 12.8. The van der Waals surface area contributed by atoms with E-state index in [-0.39, 0.29) is 16.6 Å². The number of fused-ring (bicyclic) bond motifs is 1. The highest BCUT2D eigenvalue weighted by molar-refractivity contribution is 7.92. The van der Waals surface area contributed by atoms with Crippen molar-refractivity contribution in [2.24, 2.45) is 5.10 Å². The van der Waals surface area contributed by atoms with Crippen molar-refractivity contribution in [1.29, 1.82) is 0 Å². The van der Waals surface area contributed by atoms with Crippen LogP contribution in [0.3, 0.4) is 0 Å². The second-order valence-electron chi connectivity index (χ2n) is 9.58. The minimum Gasteiger partial charge on any atom is -0.497 e. The Bertz CT molecular complexity index is 1930. The number of nitrogens with one attached hydrogen (secondary N) is 1. The van der Waals surface area contributed by atoms with E-state index in [9.17, 15) is 13.2 Å². The zero-order chi connectivity index (χ0) is 30.6. The predicted octanol–water partition coefficient (Wildman–Crippen LogP) is 7.02. The number of carbonyl (C=O) groups is 1. The van der Waals surface area contributed by atoms with Gasteiger partial charge in [0.1, 0.15) is 10.9 Å². The van der Waals surface area contributed by atoms with Crippen LogP contribution in [0.1, 0.15) is 27.0 Å². The van der Waals surface area contributed by atoms with Crippen molar-refractivity contribution < 1.29 is 17.9 Å². The van der Waals surface area contributed by atoms with Crippen molar-refractivity contribution in [2.45, 2.75) is 18.4 Å². The van der Waals surface area contributed by atoms with Gasteiger partial charge in [0.05, 0.1) is 36.0 Å². The molecule has 0 aliphatic carbocycles. The lowest BCUT2D eigenvalue weighted by Crippen LogP contribution is -2.31. The molecule has 8 nitrogen and oxygen atoms in total. The first-order chi connectivity index (χ1) is 20.7. The molecule has 11 heteroatoms. The van der Waals surface area contributed by atoms with E-state index in [2.05, 4.69) is 15.5 Å². The number of pyridine rings is 1. The summed E-state index contributed by atoms with van der Waals surface area (Å²) in [5.74, 6) is 0.220. The minimum atomic E-state index is -3.92. The average Bonchev–Trinajstić information content (AvgIpc) is 3.01. The van der Waals surface area contributed by atoms with Crippen LogP contribution in [0.25, 0.3) is 10.9 Å². The minimum absolute atomic E-state index is 0.0256. The second-order valence-corrected chi connectivity index (χ2v) is 12.2.